The molecule has 6 heteroatoms. The molecule has 0 aliphatic carbocycles. The van der Waals surface area contributed by atoms with Gasteiger partial charge in [-0.05, 0) is 31.2 Å². The fourth-order valence-electron chi connectivity index (χ4n) is 1.78. The third-order valence-electron chi connectivity index (χ3n) is 2.71. The van der Waals surface area contributed by atoms with E-state index in [4.69, 9.17) is 32.4 Å². The summed E-state index contributed by atoms with van der Waals surface area (Å²) in [6.45, 7) is 2.10. The van der Waals surface area contributed by atoms with Crippen molar-refractivity contribution in [1.82, 2.24) is 5.32 Å². The number of amides is 1. The van der Waals surface area contributed by atoms with E-state index in [2.05, 4.69) is 5.32 Å². The van der Waals surface area contributed by atoms with E-state index in [9.17, 15) is 4.79 Å². The van der Waals surface area contributed by atoms with Crippen LogP contribution in [0.15, 0.2) is 28.7 Å². The van der Waals surface area contributed by atoms with E-state index in [0.717, 1.165) is 5.76 Å². The van der Waals surface area contributed by atoms with Gasteiger partial charge in [0.25, 0.3) is 5.91 Å². The number of ether oxygens (including phenoxy) is 1. The molecule has 0 aliphatic rings. The number of carbonyl (C=O) groups is 1. The van der Waals surface area contributed by atoms with Gasteiger partial charge in [0.2, 0.25) is 0 Å². The van der Waals surface area contributed by atoms with E-state index in [0.29, 0.717) is 10.8 Å². The van der Waals surface area contributed by atoms with E-state index in [1.54, 1.807) is 18.2 Å². The highest BCUT2D eigenvalue weighted by Crippen LogP contribution is 2.33. The molecule has 0 fully saturated rings. The average molecular weight is 314 g/mol. The number of nitrogens with one attached hydrogen (secondary N) is 1. The first kappa shape index (κ1) is 14.8. The van der Waals surface area contributed by atoms with Gasteiger partial charge >= 0.3 is 0 Å². The molecular formula is C14H13Cl2NO3. The Kier molecular flexibility index (Phi) is 4.57. The van der Waals surface area contributed by atoms with Crippen molar-refractivity contribution < 1.29 is 13.9 Å². The largest absolute Gasteiger partial charge is 0.494 e. The third-order valence-corrected chi connectivity index (χ3v) is 3.32. The first-order chi connectivity index (χ1) is 9.52. The normalized spacial score (nSPS) is 10.4. The molecule has 1 N–H and O–H groups in total. The maximum absolute atomic E-state index is 12.2. The zero-order valence-electron chi connectivity index (χ0n) is 11.0. The number of aryl methyl sites for hydroxylation is 1. The highest BCUT2D eigenvalue weighted by Gasteiger charge is 2.19. The standard InChI is InChI=1S/C14H13Cl2NO3/c1-8-3-4-9(20-8)7-17-14(18)12-10(15)5-6-11(16)13(12)19-2/h3-6H,7H2,1-2H3,(H,17,18). The van der Waals surface area contributed by atoms with Crippen LogP contribution in [0.5, 0.6) is 5.75 Å². The number of hydrogen-bond acceptors (Lipinski definition) is 3. The molecule has 0 radical (unpaired) electrons. The number of methoxy groups -OCH3 is 1. The summed E-state index contributed by atoms with van der Waals surface area (Å²) in [6, 6.07) is 6.76. The van der Waals surface area contributed by atoms with Gasteiger partial charge in [-0.3, -0.25) is 4.79 Å². The summed E-state index contributed by atoms with van der Waals surface area (Å²) in [7, 11) is 1.43. The van der Waals surface area contributed by atoms with Gasteiger partial charge in [0.15, 0.2) is 5.75 Å². The second-order valence-corrected chi connectivity index (χ2v) is 4.95. The SMILES string of the molecule is COc1c(Cl)ccc(Cl)c1C(=O)NCc1ccc(C)o1. The molecule has 2 rings (SSSR count). The molecule has 4 nitrogen and oxygen atoms in total. The molecule has 0 saturated heterocycles. The predicted molar refractivity (Wildman–Crippen MR) is 77.6 cm³/mol. The summed E-state index contributed by atoms with van der Waals surface area (Å²) in [5, 5.41) is 3.32. The van der Waals surface area contributed by atoms with E-state index in [1.807, 2.05) is 13.0 Å². The summed E-state index contributed by atoms with van der Waals surface area (Å²) in [5.41, 5.74) is 0.213. The Bertz CT molecular complexity index is 637. The molecule has 0 atom stereocenters. The van der Waals surface area contributed by atoms with Gasteiger partial charge < -0.3 is 14.5 Å². The Morgan fingerprint density at radius 2 is 1.95 bits per heavy atom. The molecule has 1 heterocycles. The molecule has 2 aromatic rings. The highest BCUT2D eigenvalue weighted by molar-refractivity contribution is 6.37. The van der Waals surface area contributed by atoms with E-state index in [-0.39, 0.29) is 28.8 Å². The van der Waals surface area contributed by atoms with Gasteiger partial charge in [0.05, 0.1) is 23.7 Å². The quantitative estimate of drug-likeness (QED) is 0.933. The van der Waals surface area contributed by atoms with Gasteiger partial charge in [-0.15, -0.1) is 0 Å². The molecule has 106 valence electrons. The van der Waals surface area contributed by atoms with Crippen molar-refractivity contribution in [3.8, 4) is 5.75 Å². The Hall–Kier alpha value is -1.65. The fraction of sp³-hybridized carbons (Fsp3) is 0.214. The number of halogens is 2. The Morgan fingerprint density at radius 3 is 2.55 bits per heavy atom. The smallest absolute Gasteiger partial charge is 0.257 e. The molecule has 0 unspecified atom stereocenters. The van der Waals surface area contributed by atoms with E-state index >= 15 is 0 Å². The maximum Gasteiger partial charge on any atom is 0.257 e. The van der Waals surface area contributed by atoms with Crippen molar-refractivity contribution in [2.45, 2.75) is 13.5 Å². The van der Waals surface area contributed by atoms with Crippen molar-refractivity contribution in [3.63, 3.8) is 0 Å². The molecule has 1 aromatic carbocycles. The van der Waals surface area contributed by atoms with Crippen LogP contribution in [-0.2, 0) is 6.54 Å². The topological polar surface area (TPSA) is 51.5 Å². The lowest BCUT2D eigenvalue weighted by Gasteiger charge is -2.11. The first-order valence-electron chi connectivity index (χ1n) is 5.88. The summed E-state index contributed by atoms with van der Waals surface area (Å²) in [6.07, 6.45) is 0. The third kappa shape index (κ3) is 3.08. The lowest BCUT2D eigenvalue weighted by Crippen LogP contribution is -2.23. The van der Waals surface area contributed by atoms with Crippen LogP contribution < -0.4 is 10.1 Å². The molecule has 20 heavy (non-hydrogen) atoms. The number of rotatable bonds is 4. The van der Waals surface area contributed by atoms with Crippen molar-refractivity contribution in [2.24, 2.45) is 0 Å². The Morgan fingerprint density at radius 1 is 1.25 bits per heavy atom. The van der Waals surface area contributed by atoms with Gasteiger partial charge in [0, 0.05) is 0 Å². The minimum atomic E-state index is -0.372. The zero-order valence-corrected chi connectivity index (χ0v) is 12.5. The Labute approximate surface area is 126 Å². The maximum atomic E-state index is 12.2. The van der Waals surface area contributed by atoms with Gasteiger partial charge in [-0.2, -0.15) is 0 Å². The van der Waals surface area contributed by atoms with Crippen LogP contribution in [0, 0.1) is 6.92 Å². The van der Waals surface area contributed by atoms with E-state index < -0.39 is 0 Å². The van der Waals surface area contributed by atoms with Crippen LogP contribution in [0.2, 0.25) is 10.0 Å². The number of benzene rings is 1. The second kappa shape index (κ2) is 6.20. The monoisotopic (exact) mass is 313 g/mol. The molecule has 1 amide bonds. The van der Waals surface area contributed by atoms with Gasteiger partial charge in [-0.25, -0.2) is 0 Å². The van der Waals surface area contributed by atoms with Crippen molar-refractivity contribution >= 4 is 29.1 Å². The fourth-order valence-corrected chi connectivity index (χ4v) is 2.25. The van der Waals surface area contributed by atoms with Crippen LogP contribution in [0.1, 0.15) is 21.9 Å². The minimum absolute atomic E-state index is 0.213. The lowest BCUT2D eigenvalue weighted by atomic mass is 10.2. The zero-order chi connectivity index (χ0) is 14.7. The van der Waals surface area contributed by atoms with Gasteiger partial charge in [0.1, 0.15) is 17.1 Å². The lowest BCUT2D eigenvalue weighted by molar-refractivity contribution is 0.0945. The molecule has 0 aliphatic heterocycles. The first-order valence-corrected chi connectivity index (χ1v) is 6.64. The predicted octanol–water partition coefficient (Wildman–Crippen LogP) is 3.83. The Balaban J connectivity index is 2.19. The van der Waals surface area contributed by atoms with Crippen molar-refractivity contribution in [1.29, 1.82) is 0 Å². The van der Waals surface area contributed by atoms with E-state index in [1.165, 1.54) is 7.11 Å². The summed E-state index contributed by atoms with van der Waals surface area (Å²) < 4.78 is 10.5. The van der Waals surface area contributed by atoms with Gasteiger partial charge in [-0.1, -0.05) is 23.2 Å². The molecule has 0 bridgehead atoms. The summed E-state index contributed by atoms with van der Waals surface area (Å²) >= 11 is 12.0. The van der Waals surface area contributed by atoms with Crippen LogP contribution in [0.25, 0.3) is 0 Å². The average Bonchev–Trinajstić information content (AvgIpc) is 2.84. The van der Waals surface area contributed by atoms with Crippen LogP contribution in [-0.4, -0.2) is 13.0 Å². The summed E-state index contributed by atoms with van der Waals surface area (Å²) in [4.78, 5) is 12.2. The number of hydrogen-bond donors (Lipinski definition) is 1. The van der Waals surface area contributed by atoms with Crippen LogP contribution >= 0.6 is 23.2 Å². The minimum Gasteiger partial charge on any atom is -0.494 e. The van der Waals surface area contributed by atoms with Crippen LogP contribution in [0.4, 0.5) is 0 Å². The van der Waals surface area contributed by atoms with Crippen molar-refractivity contribution in [3.05, 3.63) is 51.4 Å². The van der Waals surface area contributed by atoms with Crippen LogP contribution in [0.3, 0.4) is 0 Å². The second-order valence-electron chi connectivity index (χ2n) is 4.13. The number of furan rings is 1. The molecule has 0 spiro atoms. The molecular weight excluding hydrogens is 301 g/mol. The number of carbonyl (C=O) groups excluding carboxylic acids is 1. The molecule has 0 saturated carbocycles. The summed E-state index contributed by atoms with van der Waals surface area (Å²) in [5.74, 6) is 1.33. The van der Waals surface area contributed by atoms with Crippen molar-refractivity contribution in [2.75, 3.05) is 7.11 Å². The molecule has 1 aromatic heterocycles. The highest BCUT2D eigenvalue weighted by atomic mass is 35.5.